The van der Waals surface area contributed by atoms with Crippen LogP contribution in [0.3, 0.4) is 0 Å². The van der Waals surface area contributed by atoms with E-state index in [4.69, 9.17) is 22.1 Å². The van der Waals surface area contributed by atoms with Crippen LogP contribution < -0.4 is 0 Å². The molecule has 1 rings (SSSR count). The molecule has 1 N–H and O–H groups in total. The Morgan fingerprint density at radius 1 is 1.13 bits per heavy atom. The zero-order valence-electron chi connectivity index (χ0n) is 19.4. The summed E-state index contributed by atoms with van der Waals surface area (Å²) in [5.41, 5.74) is -1.70. The number of carbonyl (C=O) groups is 2. The third-order valence-electron chi connectivity index (χ3n) is 6.70. The second-order valence-electron chi connectivity index (χ2n) is 9.49. The first-order valence-corrected chi connectivity index (χ1v) is 11.4. The number of aliphatic carboxylic acids is 1. The predicted molar refractivity (Wildman–Crippen MR) is 129 cm³/mol. The number of hydrogen-bond donors (Lipinski definition) is 1. The van der Waals surface area contributed by atoms with Crippen LogP contribution in [0.25, 0.3) is 0 Å². The molecule has 5 nitrogen and oxygen atoms in total. The smallest absolute Gasteiger partial charge is 0.312 e. The van der Waals surface area contributed by atoms with Crippen molar-refractivity contribution in [3.63, 3.8) is 0 Å². The number of carbonyl (C=O) groups excluding carboxylic acids is 1. The minimum absolute atomic E-state index is 0.112. The van der Waals surface area contributed by atoms with Gasteiger partial charge in [0.25, 0.3) is 0 Å². The lowest BCUT2D eigenvalue weighted by Gasteiger charge is -2.49. The lowest BCUT2D eigenvalue weighted by molar-refractivity contribution is -0.157. The highest BCUT2D eigenvalue weighted by atomic mass is 32.2. The van der Waals surface area contributed by atoms with E-state index in [1.54, 1.807) is 6.92 Å². The Balaban J connectivity index is 3.33. The topological polar surface area (TPSA) is 87.4 Å². The lowest BCUT2D eigenvalue weighted by atomic mass is 9.57. The number of esters is 1. The van der Waals surface area contributed by atoms with Gasteiger partial charge in [-0.25, -0.2) is 0 Å². The van der Waals surface area contributed by atoms with Gasteiger partial charge in [0.15, 0.2) is 0 Å². The van der Waals surface area contributed by atoms with Crippen LogP contribution in [-0.4, -0.2) is 33.1 Å². The molecule has 31 heavy (non-hydrogen) atoms. The summed E-state index contributed by atoms with van der Waals surface area (Å²) in [5.74, 6) is -1.33. The number of thioether (sulfide) groups is 1. The van der Waals surface area contributed by atoms with E-state index in [2.05, 4.69) is 6.07 Å². The van der Waals surface area contributed by atoms with Crippen molar-refractivity contribution in [3.8, 4) is 6.07 Å². The summed E-state index contributed by atoms with van der Waals surface area (Å²) < 4.78 is 5.22. The summed E-state index contributed by atoms with van der Waals surface area (Å²) >= 11 is 7.10. The molecule has 170 valence electrons. The molecule has 1 aromatic rings. The number of nitrogens with zero attached hydrogens (tertiary/aromatic N) is 1. The Labute approximate surface area is 195 Å². The van der Waals surface area contributed by atoms with Crippen molar-refractivity contribution in [2.24, 2.45) is 16.2 Å². The second-order valence-corrected chi connectivity index (χ2v) is 11.8. The maximum absolute atomic E-state index is 13.1. The standard InChI is InChI=1S/C24H33NO4S2/c1-21(2,23(5,16-25)14-13-18(26)27)15-24(6,20(28)29-7)22(3,4)31-19(30)17-11-9-8-10-12-17/h8-12H,13-15H2,1-7H3,(H,26,27). The van der Waals surface area contributed by atoms with Gasteiger partial charge in [-0.3, -0.25) is 9.59 Å². The van der Waals surface area contributed by atoms with Crippen LogP contribution in [0.5, 0.6) is 0 Å². The Kier molecular flexibility index (Phi) is 8.87. The van der Waals surface area contributed by atoms with E-state index in [-0.39, 0.29) is 18.8 Å². The third-order valence-corrected chi connectivity index (χ3v) is 8.56. The molecule has 0 saturated carbocycles. The van der Waals surface area contributed by atoms with E-state index in [9.17, 15) is 14.9 Å². The number of methoxy groups -OCH3 is 1. The maximum Gasteiger partial charge on any atom is 0.312 e. The minimum atomic E-state index is -0.990. The van der Waals surface area contributed by atoms with E-state index in [0.717, 1.165) is 5.56 Å². The van der Waals surface area contributed by atoms with Crippen molar-refractivity contribution in [2.75, 3.05) is 7.11 Å². The van der Waals surface area contributed by atoms with Crippen molar-refractivity contribution in [3.05, 3.63) is 35.9 Å². The van der Waals surface area contributed by atoms with Gasteiger partial charge in [-0.15, -0.1) is 11.8 Å². The molecular weight excluding hydrogens is 430 g/mol. The highest BCUT2D eigenvalue weighted by molar-refractivity contribution is 8.24. The van der Waals surface area contributed by atoms with E-state index in [1.807, 2.05) is 65.0 Å². The first-order valence-electron chi connectivity index (χ1n) is 10.2. The number of carboxylic acid groups (broad SMARTS) is 1. The number of ether oxygens (including phenoxy) is 1. The first-order chi connectivity index (χ1) is 14.2. The summed E-state index contributed by atoms with van der Waals surface area (Å²) in [5, 5.41) is 19.1. The van der Waals surface area contributed by atoms with E-state index in [0.29, 0.717) is 10.6 Å². The number of nitriles is 1. The fourth-order valence-electron chi connectivity index (χ4n) is 3.72. The zero-order valence-corrected chi connectivity index (χ0v) is 21.1. The minimum Gasteiger partial charge on any atom is -0.481 e. The van der Waals surface area contributed by atoms with Gasteiger partial charge in [0.1, 0.15) is 0 Å². The SMILES string of the molecule is COC(=O)C(C)(CC(C)(C)C(C)(C#N)CCC(=O)O)C(C)(C)SC(=S)c1ccccc1. The fraction of sp³-hybridized carbons (Fsp3) is 0.583. The molecule has 1 aromatic carbocycles. The first kappa shape index (κ1) is 27.1. The van der Waals surface area contributed by atoms with E-state index < -0.39 is 27.0 Å². The molecule has 2 unspecified atom stereocenters. The van der Waals surface area contributed by atoms with Crippen LogP contribution in [-0.2, 0) is 14.3 Å². The molecule has 0 aliphatic heterocycles. The number of rotatable bonds is 10. The molecule has 0 fully saturated rings. The number of carboxylic acids is 1. The quantitative estimate of drug-likeness (QED) is 0.343. The van der Waals surface area contributed by atoms with Gasteiger partial charge in [0.2, 0.25) is 0 Å². The van der Waals surface area contributed by atoms with Crippen LogP contribution in [0.1, 0.15) is 66.4 Å². The van der Waals surface area contributed by atoms with Crippen LogP contribution in [0.2, 0.25) is 0 Å². The molecule has 0 radical (unpaired) electrons. The lowest BCUT2D eigenvalue weighted by Crippen LogP contribution is -2.51. The number of thiocarbonyl (C=S) groups is 1. The van der Waals surface area contributed by atoms with Crippen molar-refractivity contribution < 1.29 is 19.4 Å². The number of benzene rings is 1. The van der Waals surface area contributed by atoms with Crippen molar-refractivity contribution >= 4 is 40.1 Å². The van der Waals surface area contributed by atoms with Crippen LogP contribution >= 0.6 is 24.0 Å². The van der Waals surface area contributed by atoms with Gasteiger partial charge in [-0.1, -0.05) is 56.4 Å². The van der Waals surface area contributed by atoms with Crippen molar-refractivity contribution in [2.45, 2.75) is 65.6 Å². The van der Waals surface area contributed by atoms with Gasteiger partial charge < -0.3 is 9.84 Å². The molecule has 0 aliphatic rings. The normalized spacial score (nSPS) is 15.8. The molecule has 0 saturated heterocycles. The van der Waals surface area contributed by atoms with Crippen LogP contribution in [0.4, 0.5) is 0 Å². The molecule has 0 heterocycles. The van der Waals surface area contributed by atoms with Crippen molar-refractivity contribution in [1.82, 2.24) is 0 Å². The highest BCUT2D eigenvalue weighted by Crippen LogP contribution is 2.55. The molecular formula is C24H33NO4S2. The fourth-order valence-corrected chi connectivity index (χ4v) is 5.57. The third kappa shape index (κ3) is 6.08. The molecule has 0 spiro atoms. The average molecular weight is 464 g/mol. The summed E-state index contributed by atoms with van der Waals surface area (Å²) in [6, 6.07) is 11.9. The monoisotopic (exact) mass is 463 g/mol. The van der Waals surface area contributed by atoms with Gasteiger partial charge in [0.05, 0.1) is 28.2 Å². The molecule has 0 aromatic heterocycles. The summed E-state index contributed by atoms with van der Waals surface area (Å²) in [4.78, 5) is 24.2. The van der Waals surface area contributed by atoms with Gasteiger partial charge >= 0.3 is 11.9 Å². The Morgan fingerprint density at radius 2 is 1.68 bits per heavy atom. The molecule has 0 aliphatic carbocycles. The Hall–Kier alpha value is -1.91. The highest BCUT2D eigenvalue weighted by Gasteiger charge is 2.55. The van der Waals surface area contributed by atoms with Gasteiger partial charge in [-0.05, 0) is 51.5 Å². The maximum atomic E-state index is 13.1. The van der Waals surface area contributed by atoms with Crippen LogP contribution in [0.15, 0.2) is 30.3 Å². The molecule has 0 amide bonds. The predicted octanol–water partition coefficient (Wildman–Crippen LogP) is 5.86. The van der Waals surface area contributed by atoms with Gasteiger partial charge in [0, 0.05) is 11.2 Å². The van der Waals surface area contributed by atoms with E-state index in [1.165, 1.54) is 18.9 Å². The molecule has 2 atom stereocenters. The Morgan fingerprint density at radius 3 is 2.13 bits per heavy atom. The van der Waals surface area contributed by atoms with Crippen LogP contribution in [0, 0.1) is 27.6 Å². The van der Waals surface area contributed by atoms with Crippen molar-refractivity contribution in [1.29, 1.82) is 5.26 Å². The molecule has 0 bridgehead atoms. The summed E-state index contributed by atoms with van der Waals surface area (Å²) in [6.45, 7) is 11.4. The summed E-state index contributed by atoms with van der Waals surface area (Å²) in [6.07, 6.45) is 0.408. The zero-order chi connectivity index (χ0) is 24.1. The number of hydrogen-bond acceptors (Lipinski definition) is 6. The largest absolute Gasteiger partial charge is 0.481 e. The molecule has 7 heteroatoms. The Bertz CT molecular complexity index is 860. The van der Waals surface area contributed by atoms with E-state index >= 15 is 0 Å². The summed E-state index contributed by atoms with van der Waals surface area (Å²) in [7, 11) is 1.36. The second kappa shape index (κ2) is 10.1. The van der Waals surface area contributed by atoms with Gasteiger partial charge in [-0.2, -0.15) is 5.26 Å². The average Bonchev–Trinajstić information content (AvgIpc) is 2.70.